The van der Waals surface area contributed by atoms with Crippen molar-refractivity contribution in [3.63, 3.8) is 0 Å². The van der Waals surface area contributed by atoms with E-state index in [-0.39, 0.29) is 12.0 Å². The van der Waals surface area contributed by atoms with Crippen LogP contribution in [0, 0.1) is 5.92 Å². The van der Waals surface area contributed by atoms with Crippen LogP contribution in [0.15, 0.2) is 24.5 Å². The Morgan fingerprint density at radius 3 is 2.96 bits per heavy atom. The lowest BCUT2D eigenvalue weighted by Crippen LogP contribution is -2.34. The zero-order valence-corrected chi connectivity index (χ0v) is 16.0. The molecule has 0 bridgehead atoms. The van der Waals surface area contributed by atoms with E-state index >= 15 is 0 Å². The number of carbonyl (C=O) groups is 1. The highest BCUT2D eigenvalue weighted by molar-refractivity contribution is 5.79. The fourth-order valence-corrected chi connectivity index (χ4v) is 3.77. The predicted molar refractivity (Wildman–Crippen MR) is 104 cm³/mol. The number of hydrogen-bond acceptors (Lipinski definition) is 4. The number of aromatic nitrogens is 1. The van der Waals surface area contributed by atoms with E-state index in [0.29, 0.717) is 18.5 Å². The Balaban J connectivity index is 1.51. The smallest absolute Gasteiger partial charge is 0.225 e. The fourth-order valence-electron chi connectivity index (χ4n) is 3.77. The first-order valence-corrected chi connectivity index (χ1v) is 9.90. The van der Waals surface area contributed by atoms with Gasteiger partial charge in [0.25, 0.3) is 0 Å². The SMILES string of the molecule is CN[C@@H](C)CC=Cc1cncc(O[C@@H]2CCN(C(=O)C3CCCC3)C2)c1. The second kappa shape index (κ2) is 9.17. The summed E-state index contributed by atoms with van der Waals surface area (Å²) in [6, 6.07) is 2.48. The van der Waals surface area contributed by atoms with E-state index in [9.17, 15) is 4.79 Å². The lowest BCUT2D eigenvalue weighted by molar-refractivity contribution is -0.134. The summed E-state index contributed by atoms with van der Waals surface area (Å²) in [5.74, 6) is 1.37. The van der Waals surface area contributed by atoms with Gasteiger partial charge in [-0.1, -0.05) is 25.0 Å². The third kappa shape index (κ3) is 5.07. The zero-order chi connectivity index (χ0) is 18.4. The number of nitrogens with zero attached hydrogens (tertiary/aromatic N) is 2. The summed E-state index contributed by atoms with van der Waals surface area (Å²) in [7, 11) is 1.97. The Hall–Kier alpha value is -1.88. The van der Waals surface area contributed by atoms with E-state index < -0.39 is 0 Å². The van der Waals surface area contributed by atoms with Crippen molar-refractivity contribution in [1.82, 2.24) is 15.2 Å². The number of likely N-dealkylation sites (tertiary alicyclic amines) is 1. The molecule has 1 aliphatic carbocycles. The van der Waals surface area contributed by atoms with Gasteiger partial charge in [-0.25, -0.2) is 0 Å². The van der Waals surface area contributed by atoms with Crippen LogP contribution < -0.4 is 10.1 Å². The van der Waals surface area contributed by atoms with Crippen molar-refractivity contribution in [1.29, 1.82) is 0 Å². The van der Waals surface area contributed by atoms with Gasteiger partial charge in [0.1, 0.15) is 11.9 Å². The molecule has 2 fully saturated rings. The summed E-state index contributed by atoms with van der Waals surface area (Å²) in [6.07, 6.45) is 14.3. The Morgan fingerprint density at radius 1 is 1.38 bits per heavy atom. The van der Waals surface area contributed by atoms with Crippen LogP contribution in [0.25, 0.3) is 6.08 Å². The quantitative estimate of drug-likeness (QED) is 0.814. The van der Waals surface area contributed by atoms with Crippen LogP contribution in [0.2, 0.25) is 0 Å². The zero-order valence-electron chi connectivity index (χ0n) is 16.0. The molecule has 142 valence electrons. The van der Waals surface area contributed by atoms with Crippen LogP contribution in [0.1, 0.15) is 51.0 Å². The third-order valence-electron chi connectivity index (χ3n) is 5.49. The van der Waals surface area contributed by atoms with E-state index in [1.807, 2.05) is 24.2 Å². The average Bonchev–Trinajstić information content (AvgIpc) is 3.33. The molecular formula is C21H31N3O2. The normalized spacial score (nSPS) is 22.2. The number of pyridine rings is 1. The minimum absolute atomic E-state index is 0.0747. The van der Waals surface area contributed by atoms with Crippen molar-refractivity contribution in [2.45, 2.75) is 57.6 Å². The number of hydrogen-bond donors (Lipinski definition) is 1. The maximum Gasteiger partial charge on any atom is 0.225 e. The van der Waals surface area contributed by atoms with Gasteiger partial charge in [0, 0.05) is 31.1 Å². The van der Waals surface area contributed by atoms with Crippen molar-refractivity contribution < 1.29 is 9.53 Å². The average molecular weight is 357 g/mol. The van der Waals surface area contributed by atoms with Gasteiger partial charge >= 0.3 is 0 Å². The molecule has 1 aromatic heterocycles. The Bertz CT molecular complexity index is 625. The topological polar surface area (TPSA) is 54.5 Å². The van der Waals surface area contributed by atoms with Crippen LogP contribution >= 0.6 is 0 Å². The number of amides is 1. The molecular weight excluding hydrogens is 326 g/mol. The first-order valence-electron chi connectivity index (χ1n) is 9.90. The van der Waals surface area contributed by atoms with E-state index in [1.165, 1.54) is 12.8 Å². The number of nitrogens with one attached hydrogen (secondary N) is 1. The van der Waals surface area contributed by atoms with Gasteiger partial charge in [-0.05, 0) is 44.9 Å². The van der Waals surface area contributed by atoms with Gasteiger partial charge in [0.2, 0.25) is 5.91 Å². The standard InChI is InChI=1S/C21H31N3O2/c1-16(22-2)6-5-7-17-12-20(14-23-13-17)26-19-10-11-24(15-19)21(25)18-8-3-4-9-18/h5,7,12-14,16,18-19,22H,3-4,6,8-11,15H2,1-2H3/t16-,19+/m0/s1. The van der Waals surface area contributed by atoms with Crippen molar-refractivity contribution in [3.05, 3.63) is 30.1 Å². The number of carbonyl (C=O) groups excluding carboxylic acids is 1. The predicted octanol–water partition coefficient (Wildman–Crippen LogP) is 3.26. The molecule has 1 saturated carbocycles. The molecule has 0 spiro atoms. The first-order chi connectivity index (χ1) is 12.7. The molecule has 1 N–H and O–H groups in total. The maximum atomic E-state index is 12.5. The summed E-state index contributed by atoms with van der Waals surface area (Å²) in [5, 5.41) is 3.22. The van der Waals surface area contributed by atoms with Crippen molar-refractivity contribution in [3.8, 4) is 5.75 Å². The van der Waals surface area contributed by atoms with Crippen LogP contribution in [-0.4, -0.2) is 48.1 Å². The lowest BCUT2D eigenvalue weighted by atomic mass is 10.1. The van der Waals surface area contributed by atoms with Crippen LogP contribution in [0.5, 0.6) is 5.75 Å². The maximum absolute atomic E-state index is 12.5. The van der Waals surface area contributed by atoms with E-state index in [1.54, 1.807) is 6.20 Å². The van der Waals surface area contributed by atoms with Gasteiger partial charge in [0.05, 0.1) is 12.7 Å². The molecule has 2 heterocycles. The third-order valence-corrected chi connectivity index (χ3v) is 5.49. The van der Waals surface area contributed by atoms with Crippen molar-refractivity contribution >= 4 is 12.0 Å². The molecule has 0 aromatic carbocycles. The van der Waals surface area contributed by atoms with Crippen LogP contribution in [0.3, 0.4) is 0 Å². The lowest BCUT2D eigenvalue weighted by Gasteiger charge is -2.20. The summed E-state index contributed by atoms with van der Waals surface area (Å²) in [6.45, 7) is 3.67. The molecule has 1 aliphatic heterocycles. The van der Waals surface area contributed by atoms with Gasteiger partial charge in [-0.15, -0.1) is 0 Å². The van der Waals surface area contributed by atoms with Crippen molar-refractivity contribution in [2.24, 2.45) is 5.92 Å². The van der Waals surface area contributed by atoms with Crippen molar-refractivity contribution in [2.75, 3.05) is 20.1 Å². The number of rotatable bonds is 7. The highest BCUT2D eigenvalue weighted by Crippen LogP contribution is 2.28. The van der Waals surface area contributed by atoms with E-state index in [2.05, 4.69) is 29.4 Å². The highest BCUT2D eigenvalue weighted by Gasteiger charge is 2.33. The number of ether oxygens (including phenoxy) is 1. The summed E-state index contributed by atoms with van der Waals surface area (Å²) in [5.41, 5.74) is 1.04. The molecule has 2 atom stereocenters. The molecule has 1 aromatic rings. The Morgan fingerprint density at radius 2 is 2.19 bits per heavy atom. The van der Waals surface area contributed by atoms with E-state index in [0.717, 1.165) is 43.5 Å². The molecule has 2 aliphatic rings. The van der Waals surface area contributed by atoms with Gasteiger partial charge in [0.15, 0.2) is 0 Å². The van der Waals surface area contributed by atoms with Crippen LogP contribution in [0.4, 0.5) is 0 Å². The van der Waals surface area contributed by atoms with Gasteiger partial charge < -0.3 is 15.0 Å². The van der Waals surface area contributed by atoms with E-state index in [4.69, 9.17) is 4.74 Å². The minimum Gasteiger partial charge on any atom is -0.487 e. The molecule has 1 saturated heterocycles. The fraction of sp³-hybridized carbons (Fsp3) is 0.619. The Kier molecular flexibility index (Phi) is 6.67. The monoisotopic (exact) mass is 357 g/mol. The molecule has 5 nitrogen and oxygen atoms in total. The minimum atomic E-state index is 0.0747. The molecule has 0 unspecified atom stereocenters. The first kappa shape index (κ1) is 18.9. The van der Waals surface area contributed by atoms with Crippen LogP contribution in [-0.2, 0) is 4.79 Å². The molecule has 1 amide bonds. The molecule has 5 heteroatoms. The summed E-state index contributed by atoms with van der Waals surface area (Å²) >= 11 is 0. The summed E-state index contributed by atoms with van der Waals surface area (Å²) < 4.78 is 6.10. The van der Waals surface area contributed by atoms with Gasteiger partial charge in [-0.3, -0.25) is 9.78 Å². The highest BCUT2D eigenvalue weighted by atomic mass is 16.5. The second-order valence-electron chi connectivity index (χ2n) is 7.58. The molecule has 0 radical (unpaired) electrons. The summed E-state index contributed by atoms with van der Waals surface area (Å²) in [4.78, 5) is 18.8. The molecule has 3 rings (SSSR count). The van der Waals surface area contributed by atoms with Gasteiger partial charge in [-0.2, -0.15) is 0 Å². The Labute approximate surface area is 156 Å². The molecule has 26 heavy (non-hydrogen) atoms. The largest absolute Gasteiger partial charge is 0.487 e. The second-order valence-corrected chi connectivity index (χ2v) is 7.58.